The Morgan fingerprint density at radius 2 is 1.73 bits per heavy atom. The first-order valence-corrected chi connectivity index (χ1v) is 9.18. The second kappa shape index (κ2) is 11.4. The lowest BCUT2D eigenvalue weighted by Gasteiger charge is -2.21. The first-order valence-electron chi connectivity index (χ1n) is 9.18. The predicted molar refractivity (Wildman–Crippen MR) is 99.4 cm³/mol. The summed E-state index contributed by atoms with van der Waals surface area (Å²) < 4.78 is 5.16. The molecular weight excluding hydrogens is 336 g/mol. The van der Waals surface area contributed by atoms with Crippen LogP contribution in [0.1, 0.15) is 52.0 Å². The number of ether oxygens (including phenoxy) is 1. The smallest absolute Gasteiger partial charge is 0.380 e. The number of nitro groups is 1. The molecule has 0 spiro atoms. The van der Waals surface area contributed by atoms with Gasteiger partial charge in [0.1, 0.15) is 0 Å². The van der Waals surface area contributed by atoms with E-state index in [0.29, 0.717) is 24.9 Å². The van der Waals surface area contributed by atoms with E-state index in [1.807, 2.05) is 0 Å². The van der Waals surface area contributed by atoms with Crippen LogP contribution in [0.5, 0.6) is 5.75 Å². The number of carbonyl (C=O) groups excluding carboxylic acids is 2. The molecule has 144 valence electrons. The van der Waals surface area contributed by atoms with E-state index in [2.05, 4.69) is 18.7 Å². The van der Waals surface area contributed by atoms with Crippen molar-refractivity contribution < 1.29 is 19.2 Å². The standard InChI is InChI=1S/C19H28N2O5/c1-4-8-17(22)19(23)26-18-15(9-7-10-16(18)21(24)25)11-14-20(12-5-2)13-6-3/h7,9-10H,4-6,8,11-14H2,1-3H3. The summed E-state index contributed by atoms with van der Waals surface area (Å²) in [7, 11) is 0. The summed E-state index contributed by atoms with van der Waals surface area (Å²) in [6, 6.07) is 4.56. The minimum Gasteiger partial charge on any atom is -0.413 e. The van der Waals surface area contributed by atoms with E-state index >= 15 is 0 Å². The van der Waals surface area contributed by atoms with Crippen LogP contribution in [0.2, 0.25) is 0 Å². The van der Waals surface area contributed by atoms with Gasteiger partial charge in [0.2, 0.25) is 11.5 Å². The van der Waals surface area contributed by atoms with Crippen LogP contribution >= 0.6 is 0 Å². The third kappa shape index (κ3) is 6.55. The summed E-state index contributed by atoms with van der Waals surface area (Å²) in [6.07, 6.45) is 3.12. The van der Waals surface area contributed by atoms with Crippen LogP contribution in [-0.2, 0) is 16.0 Å². The molecule has 26 heavy (non-hydrogen) atoms. The number of carbonyl (C=O) groups is 2. The first-order chi connectivity index (χ1) is 12.4. The molecule has 1 aromatic carbocycles. The summed E-state index contributed by atoms with van der Waals surface area (Å²) in [5.74, 6) is -1.82. The number of hydrogen-bond donors (Lipinski definition) is 0. The molecule has 0 aromatic heterocycles. The van der Waals surface area contributed by atoms with Crippen LogP contribution in [0, 0.1) is 10.1 Å². The lowest BCUT2D eigenvalue weighted by Crippen LogP contribution is -2.28. The van der Waals surface area contributed by atoms with Gasteiger partial charge in [-0.25, -0.2) is 4.79 Å². The van der Waals surface area contributed by atoms with Crippen molar-refractivity contribution in [3.8, 4) is 5.75 Å². The third-order valence-corrected chi connectivity index (χ3v) is 3.95. The van der Waals surface area contributed by atoms with Crippen molar-refractivity contribution in [2.24, 2.45) is 0 Å². The van der Waals surface area contributed by atoms with E-state index in [4.69, 9.17) is 4.74 Å². The average molecular weight is 364 g/mol. The Balaban J connectivity index is 3.03. The fourth-order valence-corrected chi connectivity index (χ4v) is 2.75. The maximum atomic E-state index is 12.0. The van der Waals surface area contributed by atoms with Gasteiger partial charge in [-0.2, -0.15) is 0 Å². The Hall–Kier alpha value is -2.28. The van der Waals surface area contributed by atoms with Gasteiger partial charge in [0.15, 0.2) is 0 Å². The summed E-state index contributed by atoms with van der Waals surface area (Å²) >= 11 is 0. The summed E-state index contributed by atoms with van der Waals surface area (Å²) in [5.41, 5.74) is 0.270. The van der Waals surface area contributed by atoms with Crippen molar-refractivity contribution in [1.82, 2.24) is 4.90 Å². The fourth-order valence-electron chi connectivity index (χ4n) is 2.75. The maximum Gasteiger partial charge on any atom is 0.380 e. The lowest BCUT2D eigenvalue weighted by molar-refractivity contribution is -0.385. The zero-order chi connectivity index (χ0) is 19.5. The number of ketones is 1. The maximum absolute atomic E-state index is 12.0. The lowest BCUT2D eigenvalue weighted by atomic mass is 10.1. The number of rotatable bonds is 12. The Morgan fingerprint density at radius 1 is 1.08 bits per heavy atom. The van der Waals surface area contributed by atoms with Crippen molar-refractivity contribution in [2.45, 2.75) is 52.9 Å². The molecule has 0 bridgehead atoms. The van der Waals surface area contributed by atoms with E-state index in [1.54, 1.807) is 19.1 Å². The Kier molecular flexibility index (Phi) is 9.51. The molecule has 0 radical (unpaired) electrons. The van der Waals surface area contributed by atoms with Crippen molar-refractivity contribution in [3.05, 3.63) is 33.9 Å². The highest BCUT2D eigenvalue weighted by Gasteiger charge is 2.25. The van der Waals surface area contributed by atoms with E-state index in [0.717, 1.165) is 25.9 Å². The molecule has 1 rings (SSSR count). The molecule has 7 nitrogen and oxygen atoms in total. The molecule has 0 amide bonds. The molecule has 0 unspecified atom stereocenters. The Bertz CT molecular complexity index is 624. The quantitative estimate of drug-likeness (QED) is 0.185. The van der Waals surface area contributed by atoms with Gasteiger partial charge in [-0.05, 0) is 38.8 Å². The van der Waals surface area contributed by atoms with Crippen LogP contribution < -0.4 is 4.74 Å². The van der Waals surface area contributed by atoms with E-state index < -0.39 is 16.7 Å². The van der Waals surface area contributed by atoms with Gasteiger partial charge in [-0.1, -0.05) is 32.9 Å². The van der Waals surface area contributed by atoms with Crippen LogP contribution in [0.3, 0.4) is 0 Å². The van der Waals surface area contributed by atoms with E-state index in [1.165, 1.54) is 6.07 Å². The Labute approximate surface area is 154 Å². The number of hydrogen-bond acceptors (Lipinski definition) is 6. The van der Waals surface area contributed by atoms with Gasteiger partial charge in [0, 0.05) is 24.6 Å². The molecule has 0 N–H and O–H groups in total. The molecule has 1 aromatic rings. The molecule has 0 saturated heterocycles. The highest BCUT2D eigenvalue weighted by Crippen LogP contribution is 2.31. The number of nitrogens with zero attached hydrogens (tertiary/aromatic N) is 2. The van der Waals surface area contributed by atoms with Gasteiger partial charge < -0.3 is 9.64 Å². The average Bonchev–Trinajstić information content (AvgIpc) is 2.60. The number of nitro benzene ring substituents is 1. The van der Waals surface area contributed by atoms with Gasteiger partial charge >= 0.3 is 11.7 Å². The largest absolute Gasteiger partial charge is 0.413 e. The highest BCUT2D eigenvalue weighted by molar-refractivity contribution is 6.34. The molecule has 7 heteroatoms. The minimum atomic E-state index is -1.04. The van der Waals surface area contributed by atoms with Crippen molar-refractivity contribution in [3.63, 3.8) is 0 Å². The zero-order valence-electron chi connectivity index (χ0n) is 15.8. The van der Waals surface area contributed by atoms with Gasteiger partial charge in [0.25, 0.3) is 0 Å². The number of Topliss-reactive ketones (excluding diaryl/α,β-unsaturated/α-hetero) is 1. The first kappa shape index (κ1) is 21.8. The molecule has 0 aliphatic heterocycles. The summed E-state index contributed by atoms with van der Waals surface area (Å²) in [6.45, 7) is 8.55. The normalized spacial score (nSPS) is 10.8. The van der Waals surface area contributed by atoms with Crippen molar-refractivity contribution in [2.75, 3.05) is 19.6 Å². The second-order valence-corrected chi connectivity index (χ2v) is 6.18. The van der Waals surface area contributed by atoms with Gasteiger partial charge in [-0.3, -0.25) is 14.9 Å². The molecular formula is C19H28N2O5. The second-order valence-electron chi connectivity index (χ2n) is 6.18. The number of benzene rings is 1. The van der Waals surface area contributed by atoms with Crippen LogP contribution in [0.25, 0.3) is 0 Å². The van der Waals surface area contributed by atoms with Crippen LogP contribution in [0.15, 0.2) is 18.2 Å². The van der Waals surface area contributed by atoms with Gasteiger partial charge in [-0.15, -0.1) is 0 Å². The van der Waals surface area contributed by atoms with E-state index in [9.17, 15) is 19.7 Å². The topological polar surface area (TPSA) is 89.8 Å². The van der Waals surface area contributed by atoms with Gasteiger partial charge in [0.05, 0.1) is 4.92 Å². The number of para-hydroxylation sites is 1. The molecule has 0 heterocycles. The van der Waals surface area contributed by atoms with Crippen LogP contribution in [-0.4, -0.2) is 41.2 Å². The minimum absolute atomic E-state index is 0.0651. The SMILES string of the molecule is CCCC(=O)C(=O)Oc1c(CCN(CCC)CCC)cccc1[N+](=O)[O-]. The molecule has 0 fully saturated rings. The highest BCUT2D eigenvalue weighted by atomic mass is 16.6. The number of esters is 1. The van der Waals surface area contributed by atoms with Crippen LogP contribution in [0.4, 0.5) is 5.69 Å². The third-order valence-electron chi connectivity index (χ3n) is 3.95. The predicted octanol–water partition coefficient (Wildman–Crippen LogP) is 3.53. The molecule has 0 atom stereocenters. The zero-order valence-corrected chi connectivity index (χ0v) is 15.8. The molecule has 0 saturated carbocycles. The van der Waals surface area contributed by atoms with E-state index in [-0.39, 0.29) is 17.9 Å². The summed E-state index contributed by atoms with van der Waals surface area (Å²) in [5, 5.41) is 11.3. The molecule has 0 aliphatic rings. The summed E-state index contributed by atoms with van der Waals surface area (Å²) in [4.78, 5) is 36.7. The van der Waals surface area contributed by atoms with Crippen molar-refractivity contribution >= 4 is 17.4 Å². The Morgan fingerprint density at radius 3 is 2.27 bits per heavy atom. The fraction of sp³-hybridized carbons (Fsp3) is 0.579. The van der Waals surface area contributed by atoms with Crippen molar-refractivity contribution in [1.29, 1.82) is 0 Å². The molecule has 0 aliphatic carbocycles. The monoisotopic (exact) mass is 364 g/mol.